The Bertz CT molecular complexity index is 488. The van der Waals surface area contributed by atoms with Gasteiger partial charge in [-0.1, -0.05) is 0 Å². The molecule has 2 N–H and O–H groups in total. The van der Waals surface area contributed by atoms with Gasteiger partial charge in [0.25, 0.3) is 11.6 Å². The lowest BCUT2D eigenvalue weighted by Crippen LogP contribution is -2.44. The topological polar surface area (TPSA) is 93.8 Å². The molecule has 2 aliphatic rings. The van der Waals surface area contributed by atoms with Crippen LogP contribution in [0.4, 0.5) is 0 Å². The van der Waals surface area contributed by atoms with E-state index in [9.17, 15) is 9.90 Å². The number of hydrogen-bond acceptors (Lipinski definition) is 6. The summed E-state index contributed by atoms with van der Waals surface area (Å²) in [5.41, 5.74) is -0.387. The third-order valence-corrected chi connectivity index (χ3v) is 3.08. The molecule has 3 rings (SSSR count). The van der Waals surface area contributed by atoms with Crippen molar-refractivity contribution >= 4 is 0 Å². The van der Waals surface area contributed by atoms with Crippen molar-refractivity contribution in [1.29, 1.82) is 0 Å². The first-order valence-corrected chi connectivity index (χ1v) is 5.37. The molecular weight excluding hydrogens is 228 g/mol. The van der Waals surface area contributed by atoms with Gasteiger partial charge in [-0.2, -0.15) is 4.98 Å². The average molecular weight is 240 g/mol. The molecule has 7 heteroatoms. The molecule has 1 saturated heterocycles. The van der Waals surface area contributed by atoms with Crippen molar-refractivity contribution in [1.82, 2.24) is 9.55 Å². The molecule has 0 aromatic carbocycles. The van der Waals surface area contributed by atoms with E-state index in [0.29, 0.717) is 6.54 Å². The highest BCUT2D eigenvalue weighted by Gasteiger charge is 2.47. The molecular formula is C10H12N2O5. The maximum absolute atomic E-state index is 11.1. The Morgan fingerprint density at radius 1 is 1.59 bits per heavy atom. The number of aliphatic hydroxyl groups is 2. The highest BCUT2D eigenvalue weighted by atomic mass is 16.6. The molecule has 17 heavy (non-hydrogen) atoms. The van der Waals surface area contributed by atoms with E-state index in [1.165, 1.54) is 6.07 Å². The molecule has 0 saturated carbocycles. The van der Waals surface area contributed by atoms with Gasteiger partial charge in [-0.15, -0.1) is 0 Å². The third kappa shape index (κ3) is 1.63. The van der Waals surface area contributed by atoms with E-state index in [1.807, 2.05) is 0 Å². The van der Waals surface area contributed by atoms with Gasteiger partial charge >= 0.3 is 0 Å². The van der Waals surface area contributed by atoms with E-state index in [4.69, 9.17) is 14.6 Å². The maximum Gasteiger partial charge on any atom is 0.300 e. The summed E-state index contributed by atoms with van der Waals surface area (Å²) in [6.07, 6.45) is -0.897. The van der Waals surface area contributed by atoms with Crippen LogP contribution in [0.2, 0.25) is 0 Å². The van der Waals surface area contributed by atoms with Crippen LogP contribution in [-0.2, 0) is 11.3 Å². The summed E-state index contributed by atoms with van der Waals surface area (Å²) in [7, 11) is 0. The number of fused-ring (bicyclic) bond motifs is 2. The molecule has 0 bridgehead atoms. The Kier molecular flexibility index (Phi) is 2.39. The summed E-state index contributed by atoms with van der Waals surface area (Å²) < 4.78 is 12.6. The van der Waals surface area contributed by atoms with Gasteiger partial charge in [0.1, 0.15) is 18.3 Å². The van der Waals surface area contributed by atoms with Gasteiger partial charge < -0.3 is 19.7 Å². The van der Waals surface area contributed by atoms with E-state index in [2.05, 4.69) is 4.98 Å². The minimum absolute atomic E-state index is 0.181. The van der Waals surface area contributed by atoms with Crippen LogP contribution in [0.3, 0.4) is 0 Å². The summed E-state index contributed by atoms with van der Waals surface area (Å²) in [5, 5.41) is 18.9. The van der Waals surface area contributed by atoms with Crippen LogP contribution in [0, 0.1) is 0 Å². The zero-order valence-electron chi connectivity index (χ0n) is 8.89. The molecule has 0 radical (unpaired) electrons. The van der Waals surface area contributed by atoms with Gasteiger partial charge in [0.05, 0.1) is 13.2 Å². The normalized spacial score (nSPS) is 34.9. The Labute approximate surface area is 96.2 Å². The summed E-state index contributed by atoms with van der Waals surface area (Å²) in [6.45, 7) is 0.180. The van der Waals surface area contributed by atoms with Gasteiger partial charge in [0.2, 0.25) is 0 Å². The molecule has 4 atom stereocenters. The first-order chi connectivity index (χ1) is 8.19. The fraction of sp³-hybridized carbons (Fsp3) is 0.600. The van der Waals surface area contributed by atoms with Crippen LogP contribution in [0.1, 0.15) is 0 Å². The predicted molar refractivity (Wildman–Crippen MR) is 54.7 cm³/mol. The van der Waals surface area contributed by atoms with Crippen molar-refractivity contribution < 1.29 is 19.7 Å². The lowest BCUT2D eigenvalue weighted by atomic mass is 10.1. The summed E-state index contributed by atoms with van der Waals surface area (Å²) in [4.78, 5) is 14.8. The largest absolute Gasteiger partial charge is 0.456 e. The lowest BCUT2D eigenvalue weighted by Gasteiger charge is -2.28. The first-order valence-electron chi connectivity index (χ1n) is 5.37. The maximum atomic E-state index is 11.1. The van der Waals surface area contributed by atoms with Crippen LogP contribution >= 0.6 is 0 Å². The number of aromatic nitrogens is 2. The van der Waals surface area contributed by atoms with E-state index in [1.54, 1.807) is 10.8 Å². The molecule has 92 valence electrons. The second-order valence-corrected chi connectivity index (χ2v) is 4.17. The third-order valence-electron chi connectivity index (χ3n) is 3.08. The monoisotopic (exact) mass is 240 g/mol. The minimum Gasteiger partial charge on any atom is -0.456 e. The minimum atomic E-state index is -0.907. The quantitative estimate of drug-likeness (QED) is 0.597. The zero-order chi connectivity index (χ0) is 12.0. The van der Waals surface area contributed by atoms with Crippen LogP contribution in [0.25, 0.3) is 0 Å². The van der Waals surface area contributed by atoms with Crippen molar-refractivity contribution in [2.24, 2.45) is 0 Å². The highest BCUT2D eigenvalue weighted by molar-refractivity contribution is 5.07. The van der Waals surface area contributed by atoms with Gasteiger partial charge in [0.15, 0.2) is 6.10 Å². The molecule has 1 fully saturated rings. The number of hydrogen-bond donors (Lipinski definition) is 2. The number of ether oxygens (including phenoxy) is 2. The highest BCUT2D eigenvalue weighted by Crippen LogP contribution is 2.30. The fourth-order valence-corrected chi connectivity index (χ4v) is 2.22. The molecule has 3 heterocycles. The zero-order valence-corrected chi connectivity index (χ0v) is 8.89. The van der Waals surface area contributed by atoms with E-state index in [-0.39, 0.29) is 24.3 Å². The van der Waals surface area contributed by atoms with Gasteiger partial charge in [-0.3, -0.25) is 9.36 Å². The molecule has 2 aliphatic heterocycles. The first kappa shape index (κ1) is 10.7. The Balaban J connectivity index is 1.92. The predicted octanol–water partition coefficient (Wildman–Crippen LogP) is -1.88. The Morgan fingerprint density at radius 3 is 3.18 bits per heavy atom. The van der Waals surface area contributed by atoms with Crippen molar-refractivity contribution in [3.8, 4) is 6.01 Å². The number of rotatable bonds is 1. The van der Waals surface area contributed by atoms with Gasteiger partial charge in [0, 0.05) is 12.3 Å². The Morgan fingerprint density at radius 2 is 2.41 bits per heavy atom. The van der Waals surface area contributed by atoms with Crippen molar-refractivity contribution in [2.75, 3.05) is 6.61 Å². The van der Waals surface area contributed by atoms with Crippen LogP contribution < -0.4 is 10.3 Å². The fourth-order valence-electron chi connectivity index (χ4n) is 2.22. The van der Waals surface area contributed by atoms with E-state index >= 15 is 0 Å². The molecule has 0 unspecified atom stereocenters. The summed E-state index contributed by atoms with van der Waals surface area (Å²) >= 11 is 0. The van der Waals surface area contributed by atoms with Crippen molar-refractivity contribution in [3.05, 3.63) is 22.6 Å². The average Bonchev–Trinajstić information content (AvgIpc) is 2.63. The molecule has 7 nitrogen and oxygen atoms in total. The molecule has 0 aliphatic carbocycles. The molecule has 1 aromatic heterocycles. The lowest BCUT2D eigenvalue weighted by molar-refractivity contribution is -0.0320. The van der Waals surface area contributed by atoms with Crippen LogP contribution in [0.5, 0.6) is 6.01 Å². The van der Waals surface area contributed by atoms with Crippen molar-refractivity contribution in [2.45, 2.75) is 31.0 Å². The van der Waals surface area contributed by atoms with E-state index in [0.717, 1.165) is 0 Å². The van der Waals surface area contributed by atoms with Crippen molar-refractivity contribution in [3.63, 3.8) is 0 Å². The van der Waals surface area contributed by atoms with Crippen LogP contribution in [-0.4, -0.2) is 50.8 Å². The number of nitrogens with zero attached hydrogens (tertiary/aromatic N) is 2. The molecule has 1 aromatic rings. The van der Waals surface area contributed by atoms with E-state index < -0.39 is 18.3 Å². The second kappa shape index (κ2) is 3.80. The van der Waals surface area contributed by atoms with Crippen LogP contribution in [0.15, 0.2) is 17.1 Å². The summed E-state index contributed by atoms with van der Waals surface area (Å²) in [5.74, 6) is 0. The van der Waals surface area contributed by atoms with Gasteiger partial charge in [-0.05, 0) is 0 Å². The molecule has 0 amide bonds. The Hall–Kier alpha value is -1.44. The summed E-state index contributed by atoms with van der Waals surface area (Å²) in [6, 6.07) is 1.52. The standard InChI is InChI=1S/C10H12N2O5/c13-4-6-8(15)9-5(16-6)3-12-2-1-7(14)11-10(12)17-9/h1-2,5-6,8-9,13,15H,3-4H2/t5-,6+,8-,9-/m0/s1. The smallest absolute Gasteiger partial charge is 0.300 e. The SMILES string of the molecule is O=c1ccn2c(n1)O[C@@H]1[C@@H](O)[C@@H](CO)O[C@H]1C2. The van der Waals surface area contributed by atoms with Gasteiger partial charge in [-0.25, -0.2) is 0 Å². The number of aliphatic hydroxyl groups excluding tert-OH is 2. The molecule has 0 spiro atoms. The second-order valence-electron chi connectivity index (χ2n) is 4.17.